The molecular weight excluding hydrogens is 385 g/mol. The highest BCUT2D eigenvalue weighted by Crippen LogP contribution is 2.36. The van der Waals surface area contributed by atoms with E-state index in [2.05, 4.69) is 26.2 Å². The predicted molar refractivity (Wildman–Crippen MR) is 91.5 cm³/mol. The van der Waals surface area contributed by atoms with E-state index >= 15 is 0 Å². The van der Waals surface area contributed by atoms with Crippen LogP contribution in [0.5, 0.6) is 0 Å². The molecule has 3 rings (SSSR count). The SMILES string of the molecule is O=C(NCc1cccc(-n2cnnn2)c1)Nc1ccc(Cl)c(C(F)(F)F)c1. The summed E-state index contributed by atoms with van der Waals surface area (Å²) in [5.41, 5.74) is 0.417. The first-order chi connectivity index (χ1) is 12.8. The van der Waals surface area contributed by atoms with Gasteiger partial charge in [0.25, 0.3) is 0 Å². The minimum absolute atomic E-state index is 0.0216. The van der Waals surface area contributed by atoms with Crippen molar-refractivity contribution in [1.82, 2.24) is 25.5 Å². The van der Waals surface area contributed by atoms with Crippen LogP contribution in [0.2, 0.25) is 5.02 Å². The molecule has 0 fully saturated rings. The first kappa shape index (κ1) is 18.6. The summed E-state index contributed by atoms with van der Waals surface area (Å²) < 4.78 is 40.0. The van der Waals surface area contributed by atoms with Gasteiger partial charge in [-0.25, -0.2) is 9.48 Å². The average Bonchev–Trinajstić information content (AvgIpc) is 3.16. The molecule has 1 aromatic heterocycles. The normalized spacial score (nSPS) is 11.3. The second kappa shape index (κ2) is 7.62. The van der Waals surface area contributed by atoms with Crippen molar-refractivity contribution < 1.29 is 18.0 Å². The van der Waals surface area contributed by atoms with Crippen LogP contribution in [-0.4, -0.2) is 26.2 Å². The number of benzene rings is 2. The van der Waals surface area contributed by atoms with E-state index in [1.807, 2.05) is 0 Å². The summed E-state index contributed by atoms with van der Waals surface area (Å²) in [7, 11) is 0. The Morgan fingerprint density at radius 3 is 2.70 bits per heavy atom. The smallest absolute Gasteiger partial charge is 0.334 e. The molecule has 27 heavy (non-hydrogen) atoms. The molecule has 1 heterocycles. The highest BCUT2D eigenvalue weighted by molar-refractivity contribution is 6.31. The molecule has 2 N–H and O–H groups in total. The molecule has 140 valence electrons. The van der Waals surface area contributed by atoms with Crippen molar-refractivity contribution in [2.24, 2.45) is 0 Å². The number of nitrogens with zero attached hydrogens (tertiary/aromatic N) is 4. The highest BCUT2D eigenvalue weighted by atomic mass is 35.5. The van der Waals surface area contributed by atoms with Gasteiger partial charge >= 0.3 is 12.2 Å². The molecule has 0 atom stereocenters. The number of nitrogens with one attached hydrogen (secondary N) is 2. The van der Waals surface area contributed by atoms with Gasteiger partial charge in [0.1, 0.15) is 6.33 Å². The molecule has 0 saturated carbocycles. The first-order valence-electron chi connectivity index (χ1n) is 7.57. The monoisotopic (exact) mass is 396 g/mol. The lowest BCUT2D eigenvalue weighted by atomic mass is 10.2. The molecule has 2 aromatic carbocycles. The summed E-state index contributed by atoms with van der Waals surface area (Å²) in [5, 5.41) is 15.3. The summed E-state index contributed by atoms with van der Waals surface area (Å²) in [6.45, 7) is 0.154. The lowest BCUT2D eigenvalue weighted by Gasteiger charge is -2.12. The van der Waals surface area contributed by atoms with E-state index < -0.39 is 22.8 Å². The molecule has 0 aliphatic carbocycles. The van der Waals surface area contributed by atoms with Gasteiger partial charge in [-0.15, -0.1) is 5.10 Å². The Morgan fingerprint density at radius 2 is 2.00 bits per heavy atom. The number of anilines is 1. The fraction of sp³-hybridized carbons (Fsp3) is 0.125. The first-order valence-corrected chi connectivity index (χ1v) is 7.94. The summed E-state index contributed by atoms with van der Waals surface area (Å²) in [6, 6.07) is 9.58. The van der Waals surface area contributed by atoms with E-state index in [4.69, 9.17) is 11.6 Å². The zero-order valence-electron chi connectivity index (χ0n) is 13.5. The van der Waals surface area contributed by atoms with Crippen molar-refractivity contribution in [3.8, 4) is 5.69 Å². The lowest BCUT2D eigenvalue weighted by molar-refractivity contribution is -0.137. The fourth-order valence-electron chi connectivity index (χ4n) is 2.27. The second-order valence-electron chi connectivity index (χ2n) is 5.42. The van der Waals surface area contributed by atoms with Crippen LogP contribution < -0.4 is 10.6 Å². The molecule has 0 radical (unpaired) electrons. The van der Waals surface area contributed by atoms with E-state index in [1.54, 1.807) is 24.3 Å². The van der Waals surface area contributed by atoms with Crippen LogP contribution in [0.3, 0.4) is 0 Å². The second-order valence-corrected chi connectivity index (χ2v) is 5.83. The number of tetrazole rings is 1. The Hall–Kier alpha value is -3.14. The fourth-order valence-corrected chi connectivity index (χ4v) is 2.49. The number of carbonyl (C=O) groups excluding carboxylic acids is 1. The van der Waals surface area contributed by atoms with Gasteiger partial charge in [-0.3, -0.25) is 0 Å². The van der Waals surface area contributed by atoms with E-state index in [0.717, 1.165) is 17.7 Å². The molecule has 7 nitrogen and oxygen atoms in total. The quantitative estimate of drug-likeness (QED) is 0.705. The number of urea groups is 1. The molecule has 0 bridgehead atoms. The van der Waals surface area contributed by atoms with Crippen LogP contribution in [-0.2, 0) is 12.7 Å². The third-order valence-corrected chi connectivity index (χ3v) is 3.84. The number of hydrogen-bond donors (Lipinski definition) is 2. The van der Waals surface area contributed by atoms with Crippen molar-refractivity contribution in [1.29, 1.82) is 0 Å². The molecule has 0 saturated heterocycles. The van der Waals surface area contributed by atoms with E-state index in [9.17, 15) is 18.0 Å². The van der Waals surface area contributed by atoms with Crippen molar-refractivity contribution in [3.63, 3.8) is 0 Å². The van der Waals surface area contributed by atoms with Crippen molar-refractivity contribution in [2.75, 3.05) is 5.32 Å². The van der Waals surface area contributed by atoms with Gasteiger partial charge in [-0.2, -0.15) is 13.2 Å². The largest absolute Gasteiger partial charge is 0.417 e. The predicted octanol–water partition coefficient (Wildman–Crippen LogP) is 3.66. The Bertz CT molecular complexity index is 946. The zero-order chi connectivity index (χ0) is 19.4. The third kappa shape index (κ3) is 4.73. The number of halogens is 4. The molecule has 0 aliphatic heterocycles. The Balaban J connectivity index is 1.63. The van der Waals surface area contributed by atoms with Crippen molar-refractivity contribution >= 4 is 23.3 Å². The molecule has 0 aliphatic rings. The van der Waals surface area contributed by atoms with Crippen LogP contribution in [0.15, 0.2) is 48.8 Å². The van der Waals surface area contributed by atoms with Crippen LogP contribution in [0, 0.1) is 0 Å². The Morgan fingerprint density at radius 1 is 1.19 bits per heavy atom. The maximum absolute atomic E-state index is 12.9. The van der Waals surface area contributed by atoms with Gasteiger partial charge in [0, 0.05) is 12.2 Å². The van der Waals surface area contributed by atoms with Gasteiger partial charge in [0.05, 0.1) is 16.3 Å². The van der Waals surface area contributed by atoms with Crippen molar-refractivity contribution in [3.05, 3.63) is 64.9 Å². The topological polar surface area (TPSA) is 84.7 Å². The van der Waals surface area contributed by atoms with Gasteiger partial charge in [-0.1, -0.05) is 23.7 Å². The van der Waals surface area contributed by atoms with Gasteiger partial charge in [0.2, 0.25) is 0 Å². The van der Waals surface area contributed by atoms with E-state index in [0.29, 0.717) is 5.69 Å². The number of carbonyl (C=O) groups is 1. The third-order valence-electron chi connectivity index (χ3n) is 3.51. The summed E-state index contributed by atoms with van der Waals surface area (Å²) in [6.07, 6.45) is -3.18. The number of rotatable bonds is 4. The molecule has 11 heteroatoms. The van der Waals surface area contributed by atoms with Crippen LogP contribution >= 0.6 is 11.6 Å². The Kier molecular flexibility index (Phi) is 5.26. The lowest BCUT2D eigenvalue weighted by Crippen LogP contribution is -2.28. The summed E-state index contributed by atoms with van der Waals surface area (Å²) in [4.78, 5) is 12.0. The van der Waals surface area contributed by atoms with Gasteiger partial charge in [-0.05, 0) is 46.3 Å². The van der Waals surface area contributed by atoms with Crippen LogP contribution in [0.25, 0.3) is 5.69 Å². The van der Waals surface area contributed by atoms with Crippen LogP contribution in [0.4, 0.5) is 23.7 Å². The zero-order valence-corrected chi connectivity index (χ0v) is 14.3. The summed E-state index contributed by atoms with van der Waals surface area (Å²) >= 11 is 5.55. The standard InChI is InChI=1S/C16H12ClF3N6O/c17-14-5-4-11(7-13(14)16(18,19)20)23-15(27)21-8-10-2-1-3-12(6-10)26-9-22-24-25-26/h1-7,9H,8H2,(H2,21,23,27). The van der Waals surface area contributed by atoms with Gasteiger partial charge in [0.15, 0.2) is 0 Å². The number of amides is 2. The number of hydrogen-bond acceptors (Lipinski definition) is 4. The van der Waals surface area contributed by atoms with Crippen LogP contribution in [0.1, 0.15) is 11.1 Å². The minimum Gasteiger partial charge on any atom is -0.334 e. The molecule has 2 amide bonds. The molecular formula is C16H12ClF3N6O. The highest BCUT2D eigenvalue weighted by Gasteiger charge is 2.33. The number of alkyl halides is 3. The van der Waals surface area contributed by atoms with Crippen molar-refractivity contribution in [2.45, 2.75) is 12.7 Å². The molecule has 0 unspecified atom stereocenters. The van der Waals surface area contributed by atoms with Gasteiger partial charge < -0.3 is 10.6 Å². The minimum atomic E-state index is -4.61. The Labute approximate surface area is 156 Å². The van der Waals surface area contributed by atoms with E-state index in [1.165, 1.54) is 17.1 Å². The molecule has 3 aromatic rings. The number of aromatic nitrogens is 4. The maximum atomic E-state index is 12.9. The van der Waals surface area contributed by atoms with E-state index in [-0.39, 0.29) is 12.2 Å². The molecule has 0 spiro atoms. The maximum Gasteiger partial charge on any atom is 0.417 e. The average molecular weight is 397 g/mol. The summed E-state index contributed by atoms with van der Waals surface area (Å²) in [5.74, 6) is 0.